The van der Waals surface area contributed by atoms with Gasteiger partial charge in [0.2, 0.25) is 30.7 Å². The number of nitrogens with one attached hydrogen (secondary N) is 2. The zero-order valence-electron chi connectivity index (χ0n) is 59.8. The number of carboxylic acid groups (broad SMARTS) is 1. The average molecular weight is 1610 g/mol. The maximum atomic E-state index is 14.9. The Morgan fingerprint density at radius 2 is 0.826 bits per heavy atom. The van der Waals surface area contributed by atoms with Crippen LogP contribution >= 0.6 is 34.8 Å². The number of benzene rings is 9. The Bertz CT molecular complexity index is 4720. The Morgan fingerprint density at radius 1 is 0.459 bits per heavy atom. The minimum atomic E-state index is -3.62. The van der Waals surface area contributed by atoms with Gasteiger partial charge in [-0.05, 0) is 115 Å². The lowest BCUT2D eigenvalue weighted by molar-refractivity contribution is -0.387. The maximum absolute atomic E-state index is 14.9. The summed E-state index contributed by atoms with van der Waals surface area (Å²) in [4.78, 5) is 77.3. The van der Waals surface area contributed by atoms with Crippen molar-refractivity contribution in [3.63, 3.8) is 0 Å². The van der Waals surface area contributed by atoms with Crippen LogP contribution in [0.2, 0.25) is 0 Å². The number of ether oxygens (including phenoxy) is 5. The number of anilines is 3. The molecule has 0 amide bonds. The Hall–Kier alpha value is -10.9. The van der Waals surface area contributed by atoms with Crippen molar-refractivity contribution in [2.45, 2.75) is 69.5 Å². The lowest BCUT2D eigenvalue weighted by Gasteiger charge is -2.16. The summed E-state index contributed by atoms with van der Waals surface area (Å²) in [6.07, 6.45) is 1.77. The van der Waals surface area contributed by atoms with E-state index in [0.717, 1.165) is 36.3 Å². The number of rotatable bonds is 25. The van der Waals surface area contributed by atoms with Crippen molar-refractivity contribution in [2.75, 3.05) is 60.7 Å². The van der Waals surface area contributed by atoms with Crippen LogP contribution in [0.15, 0.2) is 212 Å². The smallest absolute Gasteiger partial charge is 0.339 e. The SMILES string of the molecule is CCOC(=O)C(Cl)Cl.CCOC(=O)C(Cl)c1ccccc1.CCOC(=O)C(c1ccccc1)c1ccc([N+](=O)[O-])c(F)c1.CCOC(=O)Cc1ccc(N)c(F)c1-c1ccccc1.CCOC(=O)Cc1ccc(NS(C)(=O)=O)c(F)c1-c1ccccc1.CS(=O)(=O)Nc1ccc(C(C(=O)O)c2ccccc2)cc1F. The van der Waals surface area contributed by atoms with Gasteiger partial charge < -0.3 is 34.5 Å². The van der Waals surface area contributed by atoms with Crippen molar-refractivity contribution >= 4 is 113 Å². The minimum Gasteiger partial charge on any atom is -0.481 e. The fourth-order valence-electron chi connectivity index (χ4n) is 9.87. The second-order valence-electron chi connectivity index (χ2n) is 22.5. The van der Waals surface area contributed by atoms with Gasteiger partial charge in [-0.1, -0.05) is 199 Å². The highest BCUT2D eigenvalue weighted by Crippen LogP contribution is 2.35. The zero-order valence-corrected chi connectivity index (χ0v) is 63.7. The lowest BCUT2D eigenvalue weighted by atomic mass is 9.91. The molecular formula is C78H79Cl3F4N4O18S2. The van der Waals surface area contributed by atoms with Crippen LogP contribution in [0.5, 0.6) is 0 Å². The molecule has 0 spiro atoms. The fourth-order valence-corrected chi connectivity index (χ4v) is 11.3. The molecule has 9 aromatic carbocycles. The van der Waals surface area contributed by atoms with Crippen LogP contribution in [-0.2, 0) is 85.3 Å². The molecule has 0 aliphatic heterocycles. The van der Waals surface area contributed by atoms with Gasteiger partial charge in [0.05, 0.1) is 80.4 Å². The number of nitrogen functional groups attached to an aromatic ring is 1. The molecule has 0 fully saturated rings. The number of alkyl halides is 3. The van der Waals surface area contributed by atoms with Crippen LogP contribution in [0, 0.1) is 33.4 Å². The molecule has 0 saturated carbocycles. The van der Waals surface area contributed by atoms with Crippen molar-refractivity contribution in [1.29, 1.82) is 0 Å². The second kappa shape index (κ2) is 45.7. The van der Waals surface area contributed by atoms with Crippen molar-refractivity contribution < 1.29 is 96.9 Å². The molecule has 9 rings (SSSR count). The monoisotopic (exact) mass is 1600 g/mol. The van der Waals surface area contributed by atoms with E-state index in [2.05, 4.69) is 9.46 Å². The minimum absolute atomic E-state index is 0.0231. The van der Waals surface area contributed by atoms with E-state index in [-0.39, 0.29) is 60.2 Å². The molecule has 31 heteroatoms. The molecule has 0 heterocycles. The summed E-state index contributed by atoms with van der Waals surface area (Å²) in [5, 5.41) is 19.4. The fraction of sp³-hybridized carbons (Fsp3) is 0.231. The molecule has 0 bridgehead atoms. The van der Waals surface area contributed by atoms with Crippen LogP contribution in [0.1, 0.15) is 90.8 Å². The van der Waals surface area contributed by atoms with Crippen LogP contribution in [0.3, 0.4) is 0 Å². The molecule has 9 aromatic rings. The summed E-state index contributed by atoms with van der Waals surface area (Å²) < 4.78 is 130. The van der Waals surface area contributed by atoms with Crippen molar-refractivity contribution in [3.8, 4) is 22.3 Å². The second-order valence-corrected chi connectivity index (χ2v) is 27.5. The molecule has 109 heavy (non-hydrogen) atoms. The number of carboxylic acids is 1. The molecule has 5 N–H and O–H groups in total. The molecule has 0 radical (unpaired) electrons. The number of aliphatic carboxylic acids is 1. The topological polar surface area (TPSA) is 330 Å². The molecule has 3 atom stereocenters. The van der Waals surface area contributed by atoms with Crippen molar-refractivity contribution in [2.24, 2.45) is 0 Å². The van der Waals surface area contributed by atoms with Gasteiger partial charge in [-0.15, -0.1) is 11.6 Å². The normalized spacial score (nSPS) is 11.4. The summed E-state index contributed by atoms with van der Waals surface area (Å²) in [5.74, 6) is -8.36. The van der Waals surface area contributed by atoms with Gasteiger partial charge in [0, 0.05) is 17.2 Å². The van der Waals surface area contributed by atoms with Crippen LogP contribution < -0.4 is 15.2 Å². The highest BCUT2D eigenvalue weighted by atomic mass is 35.5. The maximum Gasteiger partial charge on any atom is 0.339 e. The first-order valence-corrected chi connectivity index (χ1v) is 38.1. The molecule has 0 aromatic heterocycles. The van der Waals surface area contributed by atoms with Gasteiger partial charge in [0.1, 0.15) is 17.7 Å². The Labute approximate surface area is 643 Å². The molecule has 0 saturated heterocycles. The number of hydrogen-bond acceptors (Lipinski definition) is 18. The first kappa shape index (κ1) is 90.5. The van der Waals surface area contributed by atoms with Crippen molar-refractivity contribution in [3.05, 3.63) is 285 Å². The summed E-state index contributed by atoms with van der Waals surface area (Å²) in [7, 11) is -7.23. The molecule has 22 nitrogen and oxygen atoms in total. The van der Waals surface area contributed by atoms with Crippen LogP contribution in [0.4, 0.5) is 40.3 Å². The molecule has 0 aliphatic carbocycles. The third-order valence-corrected chi connectivity index (χ3v) is 16.4. The van der Waals surface area contributed by atoms with E-state index in [9.17, 15) is 78.4 Å². The van der Waals surface area contributed by atoms with Gasteiger partial charge in [0.15, 0.2) is 17.0 Å². The van der Waals surface area contributed by atoms with E-state index >= 15 is 0 Å². The molecule has 0 aliphatic rings. The quantitative estimate of drug-likeness (QED) is 0.00785. The predicted octanol–water partition coefficient (Wildman–Crippen LogP) is 15.9. The first-order valence-electron chi connectivity index (χ1n) is 33.0. The third kappa shape index (κ3) is 30.3. The summed E-state index contributed by atoms with van der Waals surface area (Å²) in [6.45, 7) is 9.94. The Kier molecular flexibility index (Phi) is 37.9. The summed E-state index contributed by atoms with van der Waals surface area (Å²) >= 11 is 16.1. The number of carbonyl (C=O) groups excluding carboxylic acids is 5. The van der Waals surface area contributed by atoms with Gasteiger partial charge in [-0.25, -0.2) is 34.8 Å². The molecule has 580 valence electrons. The third-order valence-electron chi connectivity index (χ3n) is 14.4. The van der Waals surface area contributed by atoms with Gasteiger partial charge in [-0.3, -0.25) is 43.5 Å². The number of halogens is 7. The standard InChI is InChI=1S/C17H18FNO4S.C16H14FNO4.C16H16FNO2.C15H14FNO4S.C10H11ClO2.C4H6Cl2O2/c1-3-23-15(20)11-13-9-10-14(19-24(2,21)22)17(18)16(13)12-7-5-4-6-8-12;1-2-22-16(19)15(11-6-4-3-5-7-11)12-8-9-14(18(20)21)13(17)10-12;1-2-20-14(19)10-12-8-9-13(18)16(17)15(12)11-6-4-3-5-7-11;1-22(20,21)17-13-8-7-11(9-12(13)16)14(15(18)19)10-5-3-2-4-6-10;1-2-13-10(12)9(11)8-6-4-3-5-7-8;1-2-8-4(7)3(5)6/h4-10,19H,3,11H2,1-2H3;3-10,15H,2H2,1H3;3-9H,2,10,18H2,1H3;2-9,14,17H,1H3,(H,18,19);3-7,9H,2H2,1H3;3H,2H2,1H3. The number of esters is 5. The number of carbonyl (C=O) groups is 6. The molecule has 3 unspecified atom stereocenters. The number of nitrogens with two attached hydrogens (primary N) is 1. The average Bonchev–Trinajstić information content (AvgIpc) is 0.809. The van der Waals surface area contributed by atoms with E-state index in [4.69, 9.17) is 59.5 Å². The zero-order chi connectivity index (χ0) is 81.0. The number of nitro benzene ring substituents is 1. The summed E-state index contributed by atoms with van der Waals surface area (Å²) in [5.41, 5.74) is 9.91. The van der Waals surface area contributed by atoms with Crippen LogP contribution in [-0.4, -0.2) is 113 Å². The highest BCUT2D eigenvalue weighted by Gasteiger charge is 2.28. The number of sulfonamides is 2. The Balaban J connectivity index is 0.000000283. The van der Waals surface area contributed by atoms with E-state index in [1.807, 2.05) is 41.1 Å². The number of nitro groups is 1. The highest BCUT2D eigenvalue weighted by molar-refractivity contribution is 7.92. The number of hydrogen-bond donors (Lipinski definition) is 4. The van der Waals surface area contributed by atoms with Gasteiger partial charge in [0.25, 0.3) is 0 Å². The van der Waals surface area contributed by atoms with E-state index in [1.165, 1.54) is 36.4 Å². The lowest BCUT2D eigenvalue weighted by Crippen LogP contribution is -2.17. The molecular weight excluding hydrogens is 1530 g/mol. The largest absolute Gasteiger partial charge is 0.481 e. The van der Waals surface area contributed by atoms with Crippen LogP contribution in [0.25, 0.3) is 22.3 Å². The predicted molar refractivity (Wildman–Crippen MR) is 410 cm³/mol. The number of nitrogens with zero attached hydrogens (tertiary/aromatic N) is 1. The van der Waals surface area contributed by atoms with E-state index in [1.54, 1.807) is 156 Å². The Morgan fingerprint density at radius 3 is 1.23 bits per heavy atom. The first-order chi connectivity index (χ1) is 51.7. The van der Waals surface area contributed by atoms with E-state index < -0.39 is 106 Å². The van der Waals surface area contributed by atoms with Crippen molar-refractivity contribution in [1.82, 2.24) is 0 Å². The van der Waals surface area contributed by atoms with E-state index in [0.29, 0.717) is 64.3 Å². The summed E-state index contributed by atoms with van der Waals surface area (Å²) in [6, 6.07) is 57.0. The van der Waals surface area contributed by atoms with Gasteiger partial charge in [-0.2, -0.15) is 4.39 Å². The van der Waals surface area contributed by atoms with Gasteiger partial charge >= 0.3 is 41.5 Å².